The molecule has 0 aliphatic carbocycles. The quantitative estimate of drug-likeness (QED) is 0.738. The van der Waals surface area contributed by atoms with Gasteiger partial charge in [-0.05, 0) is 42.5 Å². The number of hydrogen-bond acceptors (Lipinski definition) is 5. The Morgan fingerprint density at radius 1 is 1.24 bits per heavy atom. The summed E-state index contributed by atoms with van der Waals surface area (Å²) in [7, 11) is 0. The smallest absolute Gasteiger partial charge is 0.291 e. The summed E-state index contributed by atoms with van der Waals surface area (Å²) in [6.07, 6.45) is 3.38. The van der Waals surface area contributed by atoms with Gasteiger partial charge in [-0.15, -0.1) is 0 Å². The van der Waals surface area contributed by atoms with E-state index in [1.807, 2.05) is 0 Å². The highest BCUT2D eigenvalue weighted by molar-refractivity contribution is 6.11. The number of hydrogen-bond donors (Lipinski definition) is 1. The third-order valence-corrected chi connectivity index (χ3v) is 4.39. The number of ketones is 1. The van der Waals surface area contributed by atoms with Crippen molar-refractivity contribution in [2.24, 2.45) is 0 Å². The first-order valence-corrected chi connectivity index (χ1v) is 7.81. The first-order chi connectivity index (χ1) is 12.1. The Morgan fingerprint density at radius 2 is 2.00 bits per heavy atom. The molecule has 6 nitrogen and oxygen atoms in total. The molecule has 126 valence electrons. The van der Waals surface area contributed by atoms with Crippen molar-refractivity contribution in [2.75, 3.05) is 0 Å². The Hall–Kier alpha value is -3.12. The molecule has 1 unspecified atom stereocenters. The Labute approximate surface area is 143 Å². The van der Waals surface area contributed by atoms with E-state index in [0.29, 0.717) is 28.2 Å². The highest BCUT2D eigenvalue weighted by atomic mass is 16.3. The fourth-order valence-corrected chi connectivity index (χ4v) is 3.10. The summed E-state index contributed by atoms with van der Waals surface area (Å²) in [5.41, 5.74) is 1.47. The lowest BCUT2D eigenvalue weighted by molar-refractivity contribution is -0.748. The van der Waals surface area contributed by atoms with Gasteiger partial charge in [0.25, 0.3) is 17.7 Å². The zero-order valence-corrected chi connectivity index (χ0v) is 13.4. The third kappa shape index (κ3) is 2.47. The minimum absolute atomic E-state index is 0.252. The molecule has 3 aromatic rings. The molecule has 0 aromatic carbocycles. The number of allylic oxidation sites excluding steroid dienone is 1. The predicted octanol–water partition coefficient (Wildman–Crippen LogP) is 1.99. The van der Waals surface area contributed by atoms with E-state index < -0.39 is 6.23 Å². The molecule has 25 heavy (non-hydrogen) atoms. The van der Waals surface area contributed by atoms with Crippen molar-refractivity contribution in [1.29, 1.82) is 0 Å². The van der Waals surface area contributed by atoms with E-state index in [2.05, 4.69) is 0 Å². The highest BCUT2D eigenvalue weighted by Gasteiger charge is 2.39. The third-order valence-electron chi connectivity index (χ3n) is 4.39. The van der Waals surface area contributed by atoms with E-state index in [4.69, 9.17) is 8.83 Å². The first-order valence-electron chi connectivity index (χ1n) is 7.81. The summed E-state index contributed by atoms with van der Waals surface area (Å²) < 4.78 is 11.9. The lowest BCUT2D eigenvalue weighted by atomic mass is 9.94. The number of carbonyl (C=O) groups is 1. The molecule has 0 amide bonds. The number of furan rings is 2. The summed E-state index contributed by atoms with van der Waals surface area (Å²) in [4.78, 5) is 12.8. The van der Waals surface area contributed by atoms with E-state index in [-0.39, 0.29) is 23.6 Å². The summed E-state index contributed by atoms with van der Waals surface area (Å²) >= 11 is 0. The number of aliphatic hydroxyl groups excluding tert-OH is 1. The van der Waals surface area contributed by atoms with Crippen LogP contribution in [0.1, 0.15) is 40.7 Å². The normalized spacial score (nSPS) is 17.0. The number of rotatable bonds is 3. The number of aromatic nitrogens is 1. The fourth-order valence-electron chi connectivity index (χ4n) is 3.10. The van der Waals surface area contributed by atoms with Gasteiger partial charge in [-0.2, -0.15) is 4.57 Å². The van der Waals surface area contributed by atoms with E-state index in [9.17, 15) is 15.0 Å². The lowest BCUT2D eigenvalue weighted by Crippen LogP contribution is -2.49. The average molecular weight is 337 g/mol. The maximum atomic E-state index is 12.8. The van der Waals surface area contributed by atoms with Crippen molar-refractivity contribution in [3.63, 3.8) is 0 Å². The summed E-state index contributed by atoms with van der Waals surface area (Å²) in [5, 5.41) is 23.1. The van der Waals surface area contributed by atoms with Gasteiger partial charge in [0.05, 0.1) is 18.1 Å². The maximum absolute atomic E-state index is 12.8. The number of aliphatic hydroxyl groups is 1. The molecule has 4 rings (SSSR count). The zero-order chi connectivity index (χ0) is 17.6. The van der Waals surface area contributed by atoms with Gasteiger partial charge in [-0.1, -0.05) is 0 Å². The average Bonchev–Trinajstić information content (AvgIpc) is 3.28. The molecule has 0 bridgehead atoms. The predicted molar refractivity (Wildman–Crippen MR) is 84.5 cm³/mol. The topological polar surface area (TPSA) is 90.5 Å². The minimum atomic E-state index is -1.16. The van der Waals surface area contributed by atoms with Crippen LogP contribution in [0, 0.1) is 0 Å². The van der Waals surface area contributed by atoms with Crippen LogP contribution in [-0.2, 0) is 6.42 Å². The molecular formula is C19H15NO5. The summed E-state index contributed by atoms with van der Waals surface area (Å²) in [6.45, 7) is 1.64. The van der Waals surface area contributed by atoms with Gasteiger partial charge in [0.2, 0.25) is 0 Å². The molecule has 1 atom stereocenters. The van der Waals surface area contributed by atoms with Crippen LogP contribution in [0.2, 0.25) is 0 Å². The van der Waals surface area contributed by atoms with Gasteiger partial charge < -0.3 is 19.0 Å². The van der Waals surface area contributed by atoms with Crippen molar-refractivity contribution >= 4 is 11.4 Å². The van der Waals surface area contributed by atoms with Gasteiger partial charge >= 0.3 is 0 Å². The van der Waals surface area contributed by atoms with Gasteiger partial charge in [-0.25, -0.2) is 0 Å². The number of nitrogens with zero attached hydrogens (tertiary/aromatic N) is 1. The highest BCUT2D eigenvalue weighted by Crippen LogP contribution is 2.32. The summed E-state index contributed by atoms with van der Waals surface area (Å²) in [6, 6.07) is 8.38. The Kier molecular flexibility index (Phi) is 3.54. The Morgan fingerprint density at radius 3 is 2.68 bits per heavy atom. The van der Waals surface area contributed by atoms with Crippen molar-refractivity contribution in [2.45, 2.75) is 19.6 Å². The standard InChI is InChI=1S/C19H15NO5/c1-11-17(16-5-3-7-25-16)19(23)20-10-15(21)12(9-14(20)18(11)22)8-13-4-2-6-24-13/h2-7,9-10,19,23H,8H2,1H3. The molecule has 1 aliphatic rings. The van der Waals surface area contributed by atoms with Crippen molar-refractivity contribution in [3.05, 3.63) is 77.4 Å². The van der Waals surface area contributed by atoms with E-state index in [1.54, 1.807) is 31.2 Å². The summed E-state index contributed by atoms with van der Waals surface area (Å²) in [5.74, 6) is 0.515. The van der Waals surface area contributed by atoms with Gasteiger partial charge in [0, 0.05) is 18.1 Å². The fraction of sp³-hybridized carbons (Fsp3) is 0.158. The van der Waals surface area contributed by atoms with Crippen LogP contribution in [0.5, 0.6) is 5.75 Å². The van der Waals surface area contributed by atoms with E-state index in [1.165, 1.54) is 29.4 Å². The van der Waals surface area contributed by atoms with Gasteiger partial charge in [-0.3, -0.25) is 4.79 Å². The molecule has 0 saturated carbocycles. The molecule has 0 spiro atoms. The van der Waals surface area contributed by atoms with E-state index in [0.717, 1.165) is 0 Å². The van der Waals surface area contributed by atoms with Crippen molar-refractivity contribution < 1.29 is 28.4 Å². The molecule has 0 radical (unpaired) electrons. The second kappa shape index (κ2) is 5.75. The largest absolute Gasteiger partial charge is 0.868 e. The van der Waals surface area contributed by atoms with Gasteiger partial charge in [0.15, 0.2) is 6.20 Å². The van der Waals surface area contributed by atoms with Crippen LogP contribution >= 0.6 is 0 Å². The minimum Gasteiger partial charge on any atom is -0.868 e. The van der Waals surface area contributed by atoms with Crippen LogP contribution in [0.25, 0.3) is 5.57 Å². The number of pyridine rings is 1. The Balaban J connectivity index is 1.81. The molecule has 0 saturated heterocycles. The maximum Gasteiger partial charge on any atom is 0.291 e. The van der Waals surface area contributed by atoms with Crippen molar-refractivity contribution in [3.8, 4) is 5.75 Å². The van der Waals surface area contributed by atoms with Crippen LogP contribution in [0.15, 0.2) is 63.5 Å². The zero-order valence-electron chi connectivity index (χ0n) is 13.4. The van der Waals surface area contributed by atoms with Crippen LogP contribution in [0.3, 0.4) is 0 Å². The van der Waals surface area contributed by atoms with E-state index >= 15 is 0 Å². The van der Waals surface area contributed by atoms with Crippen LogP contribution in [-0.4, -0.2) is 10.9 Å². The van der Waals surface area contributed by atoms with Crippen LogP contribution < -0.4 is 9.67 Å². The number of Topliss-reactive ketones (excluding diaryl/α,β-unsaturated/α-hetero) is 1. The van der Waals surface area contributed by atoms with Crippen molar-refractivity contribution in [1.82, 2.24) is 0 Å². The first kappa shape index (κ1) is 15.4. The number of carbonyl (C=O) groups excluding carboxylic acids is 1. The molecule has 3 aromatic heterocycles. The molecule has 1 N–H and O–H groups in total. The second-order valence-corrected chi connectivity index (χ2v) is 5.93. The molecule has 6 heteroatoms. The lowest BCUT2D eigenvalue weighted by Gasteiger charge is -2.21. The number of fused-ring (bicyclic) bond motifs is 1. The SMILES string of the molecule is CC1=C(c2ccco2)C(O)[n+]2cc([O-])c(Cc3ccco3)cc2C1=O. The molecule has 4 heterocycles. The molecule has 1 aliphatic heterocycles. The molecular weight excluding hydrogens is 322 g/mol. The Bertz CT molecular complexity index is 968. The molecule has 0 fully saturated rings. The monoisotopic (exact) mass is 337 g/mol. The van der Waals surface area contributed by atoms with Gasteiger partial charge in [0.1, 0.15) is 11.5 Å². The van der Waals surface area contributed by atoms with Crippen LogP contribution in [0.4, 0.5) is 0 Å². The second-order valence-electron chi connectivity index (χ2n) is 5.93.